The molecular weight excluding hydrogens is 1480 g/mol. The van der Waals surface area contributed by atoms with Gasteiger partial charge in [0.05, 0.1) is 34.9 Å². The van der Waals surface area contributed by atoms with Crippen LogP contribution < -0.4 is 56.2 Å². The highest BCUT2D eigenvalue weighted by atomic mass is 35.5. The SMILES string of the molecule is COC(=O)[C@@H]1NC(=O)[C@H]2NC(=O)[C@H](NC(=O)[C@@H]3NC(=O)[C@H]4NC(=O)[C@@H](Cc5ccc(c(Cl)c5)Oc5cc3cc(c5OCCCCN3C(=O)c5ccccc5C3=O)Oc3ccc(cc3Cl)[C@H]2O)NC(=O)[C@@H](NC(=O)OCc2ccccc2)c2ccc(O)c(c2)Oc2cc(O)cc4c2)c2ccc(O)c(c2)-c2c(O)cc(O)cc21. The highest BCUT2D eigenvalue weighted by molar-refractivity contribution is 6.32. The van der Waals surface area contributed by atoms with E-state index in [1.54, 1.807) is 54.6 Å². The number of fused-ring (bicyclic) bond motifs is 15. The van der Waals surface area contributed by atoms with E-state index in [0.717, 1.165) is 60.5 Å². The van der Waals surface area contributed by atoms with E-state index < -0.39 is 154 Å². The molecule has 8 atom stereocenters. The predicted octanol–water partition coefficient (Wildman–Crippen LogP) is 8.79. The lowest BCUT2D eigenvalue weighted by atomic mass is 9.89. The summed E-state index contributed by atoms with van der Waals surface area (Å²) in [5.41, 5.74) is -1.00. The van der Waals surface area contributed by atoms with Gasteiger partial charge in [-0.15, -0.1) is 0 Å². The first kappa shape index (κ1) is 74.3. The Balaban J connectivity index is 0.944. The lowest BCUT2D eigenvalue weighted by Gasteiger charge is -2.31. The van der Waals surface area contributed by atoms with Crippen molar-refractivity contribution in [2.75, 3.05) is 20.3 Å². The number of methoxy groups -OCH3 is 1. The lowest BCUT2D eigenvalue weighted by molar-refractivity contribution is -0.146. The summed E-state index contributed by atoms with van der Waals surface area (Å²) in [5.74, 6) is -15.0. The third-order valence-electron chi connectivity index (χ3n) is 18.9. The fourth-order valence-corrected chi connectivity index (χ4v) is 13.9. The molecule has 0 aromatic heterocycles. The molecule has 566 valence electrons. The van der Waals surface area contributed by atoms with Gasteiger partial charge in [0.2, 0.25) is 41.2 Å². The number of benzene rings is 9. The Hall–Kier alpha value is -13.6. The number of imide groups is 1. The Bertz CT molecular complexity index is 5320. The molecule has 7 aliphatic rings. The van der Waals surface area contributed by atoms with Gasteiger partial charge in [-0.1, -0.05) is 89.9 Å². The first-order chi connectivity index (χ1) is 53.3. The van der Waals surface area contributed by atoms with Gasteiger partial charge in [-0.2, -0.15) is 0 Å². The van der Waals surface area contributed by atoms with Gasteiger partial charge in [-0.05, 0) is 143 Å². The molecule has 0 aliphatic carbocycles. The summed E-state index contributed by atoms with van der Waals surface area (Å²) < 4.78 is 36.8. The molecule has 30 nitrogen and oxygen atoms in total. The van der Waals surface area contributed by atoms with E-state index in [-0.39, 0.29) is 133 Å². The van der Waals surface area contributed by atoms with E-state index >= 15 is 28.8 Å². The largest absolute Gasteiger partial charge is 0.508 e. The van der Waals surface area contributed by atoms with E-state index in [1.165, 1.54) is 66.7 Å². The number of nitrogens with one attached hydrogen (secondary N) is 7. The number of aliphatic hydroxyl groups excluding tert-OH is 1. The number of carbonyl (C=O) groups excluding carboxylic acids is 10. The number of alkyl carbamates (subject to hydrolysis) is 1. The highest BCUT2D eigenvalue weighted by Crippen LogP contribution is 2.49. The maximum absolute atomic E-state index is 16.3. The number of unbranched alkanes of at least 4 members (excludes halogenated alkanes) is 1. The van der Waals surface area contributed by atoms with Gasteiger partial charge in [-0.3, -0.25) is 43.3 Å². The summed E-state index contributed by atoms with van der Waals surface area (Å²) in [6, 6.07) is 23.1. The molecular formula is C79H64Cl2N8O22. The molecule has 9 aromatic rings. The fourth-order valence-electron chi connectivity index (χ4n) is 13.5. The summed E-state index contributed by atoms with van der Waals surface area (Å²) in [5, 5.41) is 87.5. The molecule has 32 heteroatoms. The van der Waals surface area contributed by atoms with Crippen LogP contribution in [-0.4, -0.2) is 127 Å². The van der Waals surface area contributed by atoms with Crippen LogP contribution in [0.3, 0.4) is 0 Å². The number of rotatable bonds is 10. The molecule has 0 unspecified atom stereocenters. The molecule has 9 amide bonds. The minimum Gasteiger partial charge on any atom is -0.508 e. The van der Waals surface area contributed by atoms with Gasteiger partial charge in [0, 0.05) is 41.8 Å². The van der Waals surface area contributed by atoms with Gasteiger partial charge in [0.25, 0.3) is 11.8 Å². The summed E-state index contributed by atoms with van der Waals surface area (Å²) >= 11 is 14.3. The van der Waals surface area contributed by atoms with E-state index in [4.69, 9.17) is 51.6 Å². The van der Waals surface area contributed by atoms with Crippen molar-refractivity contribution in [1.82, 2.24) is 42.1 Å². The van der Waals surface area contributed by atoms with Crippen molar-refractivity contribution >= 4 is 82.5 Å². The molecule has 111 heavy (non-hydrogen) atoms. The number of phenolic OH excluding ortho intramolecular Hbond substituents is 5. The molecule has 0 spiro atoms. The number of esters is 1. The Morgan fingerprint density at radius 3 is 1.81 bits per heavy atom. The van der Waals surface area contributed by atoms with Gasteiger partial charge in [0.1, 0.15) is 89.2 Å². The minimum absolute atomic E-state index is 0.0259. The summed E-state index contributed by atoms with van der Waals surface area (Å²) in [4.78, 5) is 150. The van der Waals surface area contributed by atoms with E-state index in [9.17, 15) is 49.8 Å². The van der Waals surface area contributed by atoms with Crippen LogP contribution in [0.25, 0.3) is 11.1 Å². The van der Waals surface area contributed by atoms with Crippen molar-refractivity contribution < 1.29 is 107 Å². The number of aromatic hydroxyl groups is 5. The summed E-state index contributed by atoms with van der Waals surface area (Å²) in [7, 11) is 0.960. The van der Waals surface area contributed by atoms with Gasteiger partial charge >= 0.3 is 12.1 Å². The number of ether oxygens (including phenoxy) is 6. The summed E-state index contributed by atoms with van der Waals surface area (Å²) in [6.45, 7) is -0.537. The monoisotopic (exact) mass is 1550 g/mol. The molecule has 7 heterocycles. The van der Waals surface area contributed by atoms with Crippen molar-refractivity contribution in [1.29, 1.82) is 0 Å². The van der Waals surface area contributed by atoms with E-state index in [2.05, 4.69) is 37.2 Å². The van der Waals surface area contributed by atoms with Crippen molar-refractivity contribution in [3.8, 4) is 80.1 Å². The Labute approximate surface area is 638 Å². The molecule has 0 radical (unpaired) electrons. The van der Waals surface area contributed by atoms with Crippen LogP contribution in [0.1, 0.15) is 114 Å². The van der Waals surface area contributed by atoms with Crippen LogP contribution in [0.15, 0.2) is 170 Å². The maximum Gasteiger partial charge on any atom is 0.408 e. The molecule has 0 fully saturated rings. The van der Waals surface area contributed by atoms with E-state index in [0.29, 0.717) is 5.56 Å². The zero-order chi connectivity index (χ0) is 78.2. The normalized spacial score (nSPS) is 20.0. The second-order valence-electron chi connectivity index (χ2n) is 26.3. The van der Waals surface area contributed by atoms with Gasteiger partial charge < -0.3 is 96.3 Å². The number of phenols is 5. The number of hydrogen-bond donors (Lipinski definition) is 13. The molecule has 9 aromatic carbocycles. The minimum atomic E-state index is -2.24. The third-order valence-corrected chi connectivity index (χ3v) is 19.5. The Kier molecular flexibility index (Phi) is 20.7. The van der Waals surface area contributed by atoms with Crippen LogP contribution >= 0.6 is 23.2 Å². The van der Waals surface area contributed by atoms with Crippen LogP contribution in [0.5, 0.6) is 69.0 Å². The average Bonchev–Trinajstić information content (AvgIpc) is 1.39. The van der Waals surface area contributed by atoms with Crippen molar-refractivity contribution in [2.45, 2.75) is 74.3 Å². The number of halogens is 2. The predicted molar refractivity (Wildman–Crippen MR) is 390 cm³/mol. The molecule has 16 rings (SSSR count). The van der Waals surface area contributed by atoms with Crippen LogP contribution in [-0.2, 0) is 56.1 Å². The third kappa shape index (κ3) is 15.4. The Morgan fingerprint density at radius 1 is 0.523 bits per heavy atom. The quantitative estimate of drug-likeness (QED) is 0.0345. The second kappa shape index (κ2) is 30.9. The number of hydrogen-bond acceptors (Lipinski definition) is 22. The van der Waals surface area contributed by atoms with Crippen LogP contribution in [0.4, 0.5) is 4.79 Å². The Morgan fingerprint density at radius 2 is 1.13 bits per heavy atom. The smallest absolute Gasteiger partial charge is 0.408 e. The van der Waals surface area contributed by atoms with Crippen molar-refractivity contribution in [3.05, 3.63) is 236 Å². The van der Waals surface area contributed by atoms with Crippen LogP contribution in [0.2, 0.25) is 10.0 Å². The lowest BCUT2D eigenvalue weighted by Crippen LogP contribution is -2.55. The highest BCUT2D eigenvalue weighted by Gasteiger charge is 2.43. The van der Waals surface area contributed by atoms with Gasteiger partial charge in [-0.25, -0.2) is 9.59 Å². The van der Waals surface area contributed by atoms with Crippen LogP contribution in [0, 0.1) is 0 Å². The summed E-state index contributed by atoms with van der Waals surface area (Å²) in [6.07, 6.45) is -3.42. The second-order valence-corrected chi connectivity index (χ2v) is 27.1. The zero-order valence-corrected chi connectivity index (χ0v) is 59.5. The first-order valence-electron chi connectivity index (χ1n) is 34.3. The number of nitrogens with zero attached hydrogens (tertiary/aromatic N) is 1. The topological polar surface area (TPSA) is 435 Å². The van der Waals surface area contributed by atoms with Crippen molar-refractivity contribution in [3.63, 3.8) is 0 Å². The fraction of sp³-hybridized carbons (Fsp3) is 0.190. The standard InChI is InChI=1S/C79H64Cl2N8O22/c1-106-78(104)66-49-33-44(91)34-55(94)61(49)48-27-38(14-17-53(48)92)62-72(98)87-67(75(101)86-66)68(95)40-16-20-57(51(81)28-40)111-60-31-42-30-59(69(60)107-22-8-7-21-89-76(102)46-11-5-6-12-47(46)77(89)103)110-56-19-13-37(23-50(56)80)24-52-70(96)83-64(73(99)85-65(42)74(100)84-62)41-25-43(90)32-45(26-41)109-58-29-39(15-18-54(58)93)63(71(97)82-52)88-79(105)108-35-36-9-3-2-4-10-36/h2-6,9-20,23,25-34,52,62-68,90-95H,7-8,21-22,24,35H2,1H3,(H,82,97)(H,83,96)(H,84,100)(H,85,99)(H,86,101)(H,87,98)(H,88,105)/t52-,62-,63+,64+,65-,66-,67+,68-/m1/s1. The average molecular weight is 1550 g/mol. The molecule has 0 saturated heterocycles. The maximum atomic E-state index is 16.3. The zero-order valence-electron chi connectivity index (χ0n) is 57.9. The number of aliphatic hydroxyl groups is 1. The molecule has 17 bridgehead atoms. The molecule has 0 saturated carbocycles. The first-order valence-corrected chi connectivity index (χ1v) is 35.1. The van der Waals surface area contributed by atoms with Gasteiger partial charge in [0.15, 0.2) is 29.0 Å². The number of amides is 9. The molecule has 13 N–H and O–H groups in total. The number of carbonyl (C=O) groups is 10. The van der Waals surface area contributed by atoms with E-state index in [1.807, 2.05) is 0 Å². The molecule has 7 aliphatic heterocycles. The van der Waals surface area contributed by atoms with Crippen molar-refractivity contribution in [2.24, 2.45) is 0 Å².